The van der Waals surface area contributed by atoms with E-state index in [0.717, 1.165) is 32.0 Å². The highest BCUT2D eigenvalue weighted by Gasteiger charge is 2.18. The van der Waals surface area contributed by atoms with Gasteiger partial charge in [-0.2, -0.15) is 0 Å². The lowest BCUT2D eigenvalue weighted by Crippen LogP contribution is -2.32. The van der Waals surface area contributed by atoms with Crippen LogP contribution < -0.4 is 0 Å². The van der Waals surface area contributed by atoms with Gasteiger partial charge in [0.15, 0.2) is 0 Å². The minimum Gasteiger partial charge on any atom is -0.394 e. The van der Waals surface area contributed by atoms with E-state index in [0.29, 0.717) is 19.4 Å². The molecule has 4 heteroatoms. The summed E-state index contributed by atoms with van der Waals surface area (Å²) >= 11 is 0. The number of unbranched alkanes of at least 4 members (excludes halogenated alkanes) is 15. The number of rotatable bonds is 23. The first-order chi connectivity index (χ1) is 13.8. The van der Waals surface area contributed by atoms with Gasteiger partial charge in [-0.25, -0.2) is 0 Å². The first kappa shape index (κ1) is 27.5. The lowest BCUT2D eigenvalue weighted by atomic mass is 10.0. The zero-order chi connectivity index (χ0) is 20.7. The third-order valence-electron chi connectivity index (χ3n) is 5.51. The topological polar surface area (TPSA) is 66.8 Å². The number of carbonyl (C=O) groups excluding carboxylic acids is 1. The molecule has 0 spiro atoms. The van der Waals surface area contributed by atoms with Gasteiger partial charge in [-0.3, -0.25) is 0 Å². The summed E-state index contributed by atoms with van der Waals surface area (Å²) in [5.74, 6) is 0. The van der Waals surface area contributed by atoms with E-state index in [2.05, 4.69) is 6.92 Å². The average molecular weight is 401 g/mol. The molecule has 2 unspecified atom stereocenters. The van der Waals surface area contributed by atoms with E-state index in [-0.39, 0.29) is 6.61 Å². The van der Waals surface area contributed by atoms with E-state index in [1.54, 1.807) is 0 Å². The monoisotopic (exact) mass is 400 g/mol. The van der Waals surface area contributed by atoms with Crippen molar-refractivity contribution in [1.29, 1.82) is 0 Å². The molecule has 0 saturated carbocycles. The number of aldehydes is 1. The van der Waals surface area contributed by atoms with Crippen molar-refractivity contribution in [2.45, 2.75) is 135 Å². The zero-order valence-corrected chi connectivity index (χ0v) is 18.6. The molecule has 2 N–H and O–H groups in total. The van der Waals surface area contributed by atoms with Crippen LogP contribution in [-0.2, 0) is 9.53 Å². The highest BCUT2D eigenvalue weighted by atomic mass is 16.5. The van der Waals surface area contributed by atoms with Crippen molar-refractivity contribution >= 4 is 6.29 Å². The van der Waals surface area contributed by atoms with Gasteiger partial charge < -0.3 is 19.7 Å². The predicted molar refractivity (Wildman–Crippen MR) is 118 cm³/mol. The summed E-state index contributed by atoms with van der Waals surface area (Å²) in [7, 11) is 0. The number of hydrogen-bond donors (Lipinski definition) is 2. The fourth-order valence-electron chi connectivity index (χ4n) is 3.58. The van der Waals surface area contributed by atoms with Gasteiger partial charge >= 0.3 is 0 Å². The molecule has 4 nitrogen and oxygen atoms in total. The van der Waals surface area contributed by atoms with Crippen LogP contribution in [0.4, 0.5) is 0 Å². The molecule has 0 heterocycles. The van der Waals surface area contributed by atoms with Crippen LogP contribution in [0.25, 0.3) is 0 Å². The van der Waals surface area contributed by atoms with E-state index in [4.69, 9.17) is 4.74 Å². The van der Waals surface area contributed by atoms with Crippen LogP contribution in [0.1, 0.15) is 122 Å². The number of ether oxygens (including phenoxy) is 1. The third kappa shape index (κ3) is 18.9. The maximum atomic E-state index is 10.3. The molecule has 0 radical (unpaired) electrons. The van der Waals surface area contributed by atoms with Gasteiger partial charge in [-0.15, -0.1) is 0 Å². The summed E-state index contributed by atoms with van der Waals surface area (Å²) in [6.07, 6.45) is 21.2. The molecule has 0 aromatic rings. The molecule has 0 aliphatic rings. The Hall–Kier alpha value is -0.450. The fraction of sp³-hybridized carbons (Fsp3) is 0.958. The highest BCUT2D eigenvalue weighted by Crippen LogP contribution is 2.15. The Morgan fingerprint density at radius 3 is 1.71 bits per heavy atom. The molecule has 0 aliphatic heterocycles. The molecule has 0 aromatic carbocycles. The maximum absolute atomic E-state index is 10.3. The summed E-state index contributed by atoms with van der Waals surface area (Å²) in [6, 6.07) is 0. The lowest BCUT2D eigenvalue weighted by Gasteiger charge is -2.21. The van der Waals surface area contributed by atoms with E-state index in [1.807, 2.05) is 0 Å². The summed E-state index contributed by atoms with van der Waals surface area (Å²) in [6.45, 7) is 2.62. The Bertz CT molecular complexity index is 309. The van der Waals surface area contributed by atoms with Crippen LogP contribution in [0.2, 0.25) is 0 Å². The summed E-state index contributed by atoms with van der Waals surface area (Å²) < 4.78 is 5.55. The Kier molecular flexibility index (Phi) is 22.5. The van der Waals surface area contributed by atoms with Crippen molar-refractivity contribution in [3.63, 3.8) is 0 Å². The van der Waals surface area contributed by atoms with Crippen molar-refractivity contribution in [3.8, 4) is 0 Å². The Balaban J connectivity index is 3.38. The van der Waals surface area contributed by atoms with Gasteiger partial charge in [-0.1, -0.05) is 96.8 Å². The Morgan fingerprint density at radius 1 is 0.750 bits per heavy atom. The maximum Gasteiger partial charge on any atom is 0.119 e. The number of aliphatic hydroxyl groups is 2. The summed E-state index contributed by atoms with van der Waals surface area (Å²) in [4.78, 5) is 10.3. The second kappa shape index (κ2) is 22.8. The molecular formula is C24H48O4. The van der Waals surface area contributed by atoms with Crippen molar-refractivity contribution in [3.05, 3.63) is 0 Å². The van der Waals surface area contributed by atoms with E-state index in [9.17, 15) is 15.0 Å². The largest absolute Gasteiger partial charge is 0.394 e. The van der Waals surface area contributed by atoms with Gasteiger partial charge in [0.2, 0.25) is 0 Å². The number of hydrogen-bond acceptors (Lipinski definition) is 4. The standard InChI is InChI=1S/C24H48O4/c1-2-3-4-5-6-7-8-9-10-11-12-13-14-16-19-23(27)24(22-26)28-21-18-15-17-20-25/h20,23-24,26-27H,2-19,21-22H2,1H3. The van der Waals surface area contributed by atoms with Gasteiger partial charge in [0.25, 0.3) is 0 Å². The number of carbonyl (C=O) groups is 1. The average Bonchev–Trinajstić information content (AvgIpc) is 2.70. The molecule has 2 atom stereocenters. The normalized spacial score (nSPS) is 13.5. The van der Waals surface area contributed by atoms with Gasteiger partial charge in [0.05, 0.1) is 12.7 Å². The second-order valence-corrected chi connectivity index (χ2v) is 8.21. The minimum atomic E-state index is -0.589. The van der Waals surface area contributed by atoms with Gasteiger partial charge in [-0.05, 0) is 19.3 Å². The zero-order valence-electron chi connectivity index (χ0n) is 18.6. The molecule has 0 saturated heterocycles. The quantitative estimate of drug-likeness (QED) is 0.164. The van der Waals surface area contributed by atoms with E-state index in [1.165, 1.54) is 77.0 Å². The first-order valence-corrected chi connectivity index (χ1v) is 12.1. The molecule has 0 aromatic heterocycles. The van der Waals surface area contributed by atoms with Crippen LogP contribution >= 0.6 is 0 Å². The van der Waals surface area contributed by atoms with Crippen LogP contribution in [-0.4, -0.2) is 41.9 Å². The van der Waals surface area contributed by atoms with Crippen LogP contribution in [0.15, 0.2) is 0 Å². The van der Waals surface area contributed by atoms with Crippen LogP contribution in [0.3, 0.4) is 0 Å². The molecule has 0 rings (SSSR count). The molecule has 168 valence electrons. The smallest absolute Gasteiger partial charge is 0.119 e. The first-order valence-electron chi connectivity index (χ1n) is 12.1. The predicted octanol–water partition coefficient (Wildman–Crippen LogP) is 5.97. The molecule has 28 heavy (non-hydrogen) atoms. The van der Waals surface area contributed by atoms with Gasteiger partial charge in [0.1, 0.15) is 12.4 Å². The molecule has 0 amide bonds. The van der Waals surface area contributed by atoms with Crippen LogP contribution in [0, 0.1) is 0 Å². The van der Waals surface area contributed by atoms with Crippen LogP contribution in [0.5, 0.6) is 0 Å². The van der Waals surface area contributed by atoms with Crippen molar-refractivity contribution in [2.24, 2.45) is 0 Å². The summed E-state index contributed by atoms with van der Waals surface area (Å²) in [5, 5.41) is 19.5. The third-order valence-corrected chi connectivity index (χ3v) is 5.51. The van der Waals surface area contributed by atoms with E-state index < -0.39 is 12.2 Å². The fourth-order valence-corrected chi connectivity index (χ4v) is 3.58. The minimum absolute atomic E-state index is 0.145. The molecule has 0 bridgehead atoms. The summed E-state index contributed by atoms with van der Waals surface area (Å²) in [5.41, 5.74) is 0. The Labute approximate surface area is 174 Å². The van der Waals surface area contributed by atoms with Crippen molar-refractivity contribution in [2.75, 3.05) is 13.2 Å². The second-order valence-electron chi connectivity index (χ2n) is 8.21. The molecular weight excluding hydrogens is 352 g/mol. The molecule has 0 fully saturated rings. The Morgan fingerprint density at radius 2 is 1.25 bits per heavy atom. The lowest BCUT2D eigenvalue weighted by molar-refractivity contribution is -0.108. The van der Waals surface area contributed by atoms with E-state index >= 15 is 0 Å². The van der Waals surface area contributed by atoms with Crippen molar-refractivity contribution in [1.82, 2.24) is 0 Å². The number of aliphatic hydroxyl groups excluding tert-OH is 2. The molecule has 0 aliphatic carbocycles. The van der Waals surface area contributed by atoms with Crippen molar-refractivity contribution < 1.29 is 19.7 Å². The highest BCUT2D eigenvalue weighted by molar-refractivity contribution is 5.48. The SMILES string of the molecule is CCCCCCCCCCCCCCCCC(O)C(CO)OCCCCC=O. The van der Waals surface area contributed by atoms with Gasteiger partial charge in [0, 0.05) is 13.0 Å².